The van der Waals surface area contributed by atoms with E-state index in [0.717, 1.165) is 6.54 Å². The Morgan fingerprint density at radius 1 is 1.29 bits per heavy atom. The molecule has 0 aromatic carbocycles. The first-order chi connectivity index (χ1) is 6.46. The predicted octanol–water partition coefficient (Wildman–Crippen LogP) is 2.24. The van der Waals surface area contributed by atoms with Gasteiger partial charge in [0.25, 0.3) is 0 Å². The van der Waals surface area contributed by atoms with Crippen LogP contribution < -0.4 is 5.73 Å². The van der Waals surface area contributed by atoms with Gasteiger partial charge in [-0.25, -0.2) is 0 Å². The van der Waals surface area contributed by atoms with Crippen molar-refractivity contribution in [1.82, 2.24) is 4.90 Å². The lowest BCUT2D eigenvalue weighted by atomic mass is 9.87. The van der Waals surface area contributed by atoms with Crippen LogP contribution in [0.5, 0.6) is 0 Å². The molecular formula is C12H26N2. The van der Waals surface area contributed by atoms with Crippen molar-refractivity contribution in [3.05, 3.63) is 0 Å². The number of rotatable bonds is 4. The number of nitrogens with two attached hydrogens (primary N) is 1. The van der Waals surface area contributed by atoms with Gasteiger partial charge in [0.1, 0.15) is 0 Å². The predicted molar refractivity (Wildman–Crippen MR) is 62.3 cm³/mol. The van der Waals surface area contributed by atoms with Crippen LogP contribution in [0.2, 0.25) is 0 Å². The summed E-state index contributed by atoms with van der Waals surface area (Å²) < 4.78 is 0. The first kappa shape index (κ1) is 12.0. The highest BCUT2D eigenvalue weighted by Gasteiger charge is 2.44. The van der Waals surface area contributed by atoms with Crippen molar-refractivity contribution < 1.29 is 0 Å². The van der Waals surface area contributed by atoms with Gasteiger partial charge in [0.2, 0.25) is 0 Å². The molecule has 0 aromatic rings. The fraction of sp³-hybridized carbons (Fsp3) is 1.00. The van der Waals surface area contributed by atoms with E-state index >= 15 is 0 Å². The molecule has 0 bridgehead atoms. The third kappa shape index (κ3) is 2.29. The van der Waals surface area contributed by atoms with E-state index in [2.05, 4.69) is 32.7 Å². The molecule has 0 amide bonds. The van der Waals surface area contributed by atoms with Crippen LogP contribution in [0.25, 0.3) is 0 Å². The molecule has 1 fully saturated rings. The van der Waals surface area contributed by atoms with Crippen molar-refractivity contribution in [2.45, 2.75) is 52.0 Å². The third-order valence-corrected chi connectivity index (χ3v) is 3.82. The zero-order chi connectivity index (χ0) is 10.8. The summed E-state index contributed by atoms with van der Waals surface area (Å²) in [5.74, 6) is 0. The molecule has 84 valence electrons. The first-order valence-corrected chi connectivity index (χ1v) is 5.87. The van der Waals surface area contributed by atoms with Gasteiger partial charge in [-0.15, -0.1) is 0 Å². The second-order valence-electron chi connectivity index (χ2n) is 5.69. The van der Waals surface area contributed by atoms with Gasteiger partial charge in [-0.3, -0.25) is 4.90 Å². The maximum Gasteiger partial charge on any atom is 0.0333 e. The van der Waals surface area contributed by atoms with Crippen LogP contribution in [-0.2, 0) is 0 Å². The van der Waals surface area contributed by atoms with Gasteiger partial charge in [0, 0.05) is 12.1 Å². The summed E-state index contributed by atoms with van der Waals surface area (Å²) in [6.45, 7) is 8.95. The molecule has 14 heavy (non-hydrogen) atoms. The summed E-state index contributed by atoms with van der Waals surface area (Å²) in [4.78, 5) is 2.49. The lowest BCUT2D eigenvalue weighted by molar-refractivity contribution is 0.119. The Labute approximate surface area is 88.8 Å². The fourth-order valence-electron chi connectivity index (χ4n) is 2.87. The molecule has 1 aliphatic rings. The topological polar surface area (TPSA) is 29.3 Å². The lowest BCUT2D eigenvalue weighted by Gasteiger charge is -2.39. The third-order valence-electron chi connectivity index (χ3n) is 3.82. The van der Waals surface area contributed by atoms with Crippen molar-refractivity contribution in [1.29, 1.82) is 0 Å². The molecule has 0 heterocycles. The molecule has 1 rings (SSSR count). The smallest absolute Gasteiger partial charge is 0.0333 e. The van der Waals surface area contributed by atoms with Crippen LogP contribution in [0.1, 0.15) is 46.5 Å². The molecule has 2 N–H and O–H groups in total. The summed E-state index contributed by atoms with van der Waals surface area (Å²) in [6, 6.07) is 0. The molecule has 2 nitrogen and oxygen atoms in total. The number of likely N-dealkylation sites (N-methyl/N-ethyl adjacent to an activating group) is 1. The van der Waals surface area contributed by atoms with E-state index < -0.39 is 0 Å². The van der Waals surface area contributed by atoms with Crippen LogP contribution in [0.4, 0.5) is 0 Å². The summed E-state index contributed by atoms with van der Waals surface area (Å²) in [6.07, 6.45) is 5.07. The summed E-state index contributed by atoms with van der Waals surface area (Å²) in [5, 5.41) is 0. The number of hydrogen-bond acceptors (Lipinski definition) is 2. The van der Waals surface area contributed by atoms with Crippen LogP contribution in [-0.4, -0.2) is 30.6 Å². The zero-order valence-corrected chi connectivity index (χ0v) is 10.3. The minimum atomic E-state index is 0.291. The van der Waals surface area contributed by atoms with Crippen molar-refractivity contribution in [3.63, 3.8) is 0 Å². The molecule has 1 aliphatic carbocycles. The molecule has 0 saturated heterocycles. The standard InChI is InChI=1S/C12H26N2/c1-5-8-14(4)12(10-13)7-6-11(2,3)9-12/h5-10,13H2,1-4H3. The maximum atomic E-state index is 5.98. The highest BCUT2D eigenvalue weighted by Crippen LogP contribution is 2.45. The lowest BCUT2D eigenvalue weighted by Crippen LogP contribution is -2.50. The molecule has 0 aromatic heterocycles. The van der Waals surface area contributed by atoms with Gasteiger partial charge in [0.05, 0.1) is 0 Å². The fourth-order valence-corrected chi connectivity index (χ4v) is 2.87. The van der Waals surface area contributed by atoms with E-state index in [1.165, 1.54) is 32.2 Å². The average Bonchev–Trinajstić information content (AvgIpc) is 2.43. The van der Waals surface area contributed by atoms with E-state index in [1.54, 1.807) is 0 Å². The van der Waals surface area contributed by atoms with Crippen molar-refractivity contribution in [2.75, 3.05) is 20.1 Å². The average molecular weight is 198 g/mol. The molecule has 0 aliphatic heterocycles. The number of nitrogens with zero attached hydrogens (tertiary/aromatic N) is 1. The normalized spacial score (nSPS) is 31.3. The van der Waals surface area contributed by atoms with E-state index in [1.807, 2.05) is 0 Å². The van der Waals surface area contributed by atoms with Gasteiger partial charge in [-0.2, -0.15) is 0 Å². The Morgan fingerprint density at radius 2 is 1.93 bits per heavy atom. The van der Waals surface area contributed by atoms with Gasteiger partial charge in [-0.1, -0.05) is 20.8 Å². The van der Waals surface area contributed by atoms with Crippen LogP contribution in [0.3, 0.4) is 0 Å². The van der Waals surface area contributed by atoms with Gasteiger partial charge >= 0.3 is 0 Å². The van der Waals surface area contributed by atoms with Crippen LogP contribution >= 0.6 is 0 Å². The first-order valence-electron chi connectivity index (χ1n) is 5.87. The van der Waals surface area contributed by atoms with E-state index in [-0.39, 0.29) is 0 Å². The second kappa shape index (κ2) is 4.19. The Bertz CT molecular complexity index is 189. The van der Waals surface area contributed by atoms with Crippen molar-refractivity contribution in [2.24, 2.45) is 11.1 Å². The summed E-state index contributed by atoms with van der Waals surface area (Å²) in [5.41, 5.74) is 6.76. The van der Waals surface area contributed by atoms with Crippen molar-refractivity contribution >= 4 is 0 Å². The van der Waals surface area contributed by atoms with Crippen LogP contribution in [0.15, 0.2) is 0 Å². The molecule has 1 atom stereocenters. The molecular weight excluding hydrogens is 172 g/mol. The van der Waals surface area contributed by atoms with E-state index in [0.29, 0.717) is 11.0 Å². The van der Waals surface area contributed by atoms with Gasteiger partial charge < -0.3 is 5.73 Å². The molecule has 0 spiro atoms. The minimum Gasteiger partial charge on any atom is -0.329 e. The summed E-state index contributed by atoms with van der Waals surface area (Å²) >= 11 is 0. The quantitative estimate of drug-likeness (QED) is 0.750. The summed E-state index contributed by atoms with van der Waals surface area (Å²) in [7, 11) is 2.23. The molecule has 0 radical (unpaired) electrons. The van der Waals surface area contributed by atoms with Crippen molar-refractivity contribution in [3.8, 4) is 0 Å². The Morgan fingerprint density at radius 3 is 2.29 bits per heavy atom. The van der Waals surface area contributed by atoms with E-state index in [9.17, 15) is 0 Å². The Kier molecular flexibility index (Phi) is 3.59. The highest BCUT2D eigenvalue weighted by molar-refractivity contribution is 5.01. The second-order valence-corrected chi connectivity index (χ2v) is 5.69. The van der Waals surface area contributed by atoms with Gasteiger partial charge in [0.15, 0.2) is 0 Å². The highest BCUT2D eigenvalue weighted by atomic mass is 15.2. The Balaban J connectivity index is 2.69. The molecule has 2 heteroatoms. The van der Waals surface area contributed by atoms with Gasteiger partial charge in [-0.05, 0) is 44.7 Å². The largest absolute Gasteiger partial charge is 0.329 e. The molecule has 1 unspecified atom stereocenters. The molecule has 1 saturated carbocycles. The van der Waals surface area contributed by atoms with E-state index in [4.69, 9.17) is 5.73 Å². The minimum absolute atomic E-state index is 0.291. The Hall–Kier alpha value is -0.0800. The zero-order valence-electron chi connectivity index (χ0n) is 10.3. The SMILES string of the molecule is CCCN(C)C1(CN)CCC(C)(C)C1. The van der Waals surface area contributed by atoms with Crippen LogP contribution in [0, 0.1) is 5.41 Å². The number of hydrogen-bond donors (Lipinski definition) is 1. The maximum absolute atomic E-state index is 5.98. The monoisotopic (exact) mass is 198 g/mol.